The third-order valence-corrected chi connectivity index (χ3v) is 5.97. The third-order valence-electron chi connectivity index (χ3n) is 5.13. The number of nitrogens with one attached hydrogen (secondary N) is 2. The Labute approximate surface area is 206 Å². The molecular formula is C22H30FIN4O3S. The Morgan fingerprint density at radius 3 is 2.50 bits per heavy atom. The molecule has 0 radical (unpaired) electrons. The van der Waals surface area contributed by atoms with Gasteiger partial charge in [-0.3, -0.25) is 4.99 Å². The first-order valence-corrected chi connectivity index (χ1v) is 12.4. The number of sulfone groups is 1. The summed E-state index contributed by atoms with van der Waals surface area (Å²) in [6.07, 6.45) is 7.56. The number of hydrogen-bond acceptors (Lipinski definition) is 5. The van der Waals surface area contributed by atoms with Gasteiger partial charge in [-0.15, -0.1) is 24.0 Å². The molecule has 0 aliphatic heterocycles. The highest BCUT2D eigenvalue weighted by Crippen LogP contribution is 2.25. The van der Waals surface area contributed by atoms with Crippen molar-refractivity contribution >= 4 is 39.8 Å². The second kappa shape index (κ2) is 12.3. The van der Waals surface area contributed by atoms with E-state index in [1.807, 2.05) is 12.1 Å². The molecule has 2 aromatic rings. The Morgan fingerprint density at radius 1 is 1.16 bits per heavy atom. The van der Waals surface area contributed by atoms with E-state index in [1.165, 1.54) is 31.0 Å². The first kappa shape index (κ1) is 26.3. The minimum absolute atomic E-state index is 0. The van der Waals surface area contributed by atoms with Crippen molar-refractivity contribution in [2.24, 2.45) is 4.99 Å². The van der Waals surface area contributed by atoms with Crippen LogP contribution in [0.4, 0.5) is 4.39 Å². The largest absolute Gasteiger partial charge is 0.474 e. The van der Waals surface area contributed by atoms with Crippen LogP contribution in [0, 0.1) is 5.82 Å². The second-order valence-electron chi connectivity index (χ2n) is 7.75. The van der Waals surface area contributed by atoms with Crippen LogP contribution in [0.1, 0.15) is 42.4 Å². The van der Waals surface area contributed by atoms with Crippen LogP contribution < -0.4 is 15.4 Å². The molecule has 0 saturated heterocycles. The highest BCUT2D eigenvalue weighted by molar-refractivity contribution is 14.0. The van der Waals surface area contributed by atoms with E-state index in [-0.39, 0.29) is 42.4 Å². The van der Waals surface area contributed by atoms with E-state index in [0.29, 0.717) is 29.5 Å². The maximum atomic E-state index is 13.7. The average Bonchev–Trinajstić information content (AvgIpc) is 3.23. The molecule has 0 atom stereocenters. The molecule has 7 nitrogen and oxygen atoms in total. The van der Waals surface area contributed by atoms with Crippen molar-refractivity contribution in [1.82, 2.24) is 15.6 Å². The summed E-state index contributed by atoms with van der Waals surface area (Å²) in [5.41, 5.74) is 2.05. The van der Waals surface area contributed by atoms with Crippen LogP contribution in [-0.2, 0) is 28.7 Å². The number of guanidine groups is 1. The number of rotatable bonds is 8. The van der Waals surface area contributed by atoms with Gasteiger partial charge in [0.1, 0.15) is 11.9 Å². The number of pyridine rings is 1. The van der Waals surface area contributed by atoms with Gasteiger partial charge >= 0.3 is 0 Å². The molecule has 0 bridgehead atoms. The lowest BCUT2D eigenvalue weighted by Crippen LogP contribution is -2.36. The van der Waals surface area contributed by atoms with Crippen molar-refractivity contribution in [2.75, 3.05) is 13.3 Å². The summed E-state index contributed by atoms with van der Waals surface area (Å²) in [7, 11) is -1.60. The lowest BCUT2D eigenvalue weighted by atomic mass is 10.1. The van der Waals surface area contributed by atoms with E-state index >= 15 is 0 Å². The maximum absolute atomic E-state index is 13.7. The summed E-state index contributed by atoms with van der Waals surface area (Å²) in [5.74, 6) is 0.567. The summed E-state index contributed by atoms with van der Waals surface area (Å²) in [6, 6.07) is 7.93. The van der Waals surface area contributed by atoms with Crippen LogP contribution in [0.3, 0.4) is 0 Å². The number of aromatic nitrogens is 1. The van der Waals surface area contributed by atoms with Crippen molar-refractivity contribution in [3.63, 3.8) is 0 Å². The Hall–Kier alpha value is -1.95. The van der Waals surface area contributed by atoms with Gasteiger partial charge in [-0.05, 0) is 55.0 Å². The fraction of sp³-hybridized carbons (Fsp3) is 0.455. The summed E-state index contributed by atoms with van der Waals surface area (Å²) in [6.45, 7) is 0.690. The molecule has 1 aromatic carbocycles. The van der Waals surface area contributed by atoms with Crippen LogP contribution in [0.15, 0.2) is 41.5 Å². The van der Waals surface area contributed by atoms with E-state index in [1.54, 1.807) is 13.2 Å². The van der Waals surface area contributed by atoms with Crippen molar-refractivity contribution < 1.29 is 17.5 Å². The monoisotopic (exact) mass is 576 g/mol. The Morgan fingerprint density at radius 2 is 1.84 bits per heavy atom. The minimum atomic E-state index is -3.23. The summed E-state index contributed by atoms with van der Waals surface area (Å²) in [5, 5.41) is 6.33. The van der Waals surface area contributed by atoms with Crippen molar-refractivity contribution in [3.05, 3.63) is 59.0 Å². The molecule has 1 heterocycles. The number of nitrogens with zero attached hydrogens (tertiary/aromatic N) is 2. The molecule has 0 spiro atoms. The minimum Gasteiger partial charge on any atom is -0.474 e. The number of hydrogen-bond donors (Lipinski definition) is 2. The lowest BCUT2D eigenvalue weighted by molar-refractivity contribution is 0.199. The van der Waals surface area contributed by atoms with Gasteiger partial charge in [0.15, 0.2) is 15.8 Å². The highest BCUT2D eigenvalue weighted by Gasteiger charge is 2.18. The zero-order valence-electron chi connectivity index (χ0n) is 18.3. The van der Waals surface area contributed by atoms with Gasteiger partial charge in [0, 0.05) is 38.2 Å². The molecule has 1 aliphatic carbocycles. The molecular weight excluding hydrogens is 546 g/mol. The van der Waals surface area contributed by atoms with Crippen molar-refractivity contribution in [3.8, 4) is 5.88 Å². The van der Waals surface area contributed by atoms with Crippen molar-refractivity contribution in [1.29, 1.82) is 0 Å². The zero-order valence-corrected chi connectivity index (χ0v) is 21.5. The molecule has 1 aromatic heterocycles. The topological polar surface area (TPSA) is 92.7 Å². The van der Waals surface area contributed by atoms with E-state index in [2.05, 4.69) is 20.6 Å². The SMILES string of the molecule is CN=C(NCc1cc(F)ccc1CS(C)(=O)=O)NCc1cccnc1OC1CCCC1.I. The van der Waals surface area contributed by atoms with Crippen molar-refractivity contribution in [2.45, 2.75) is 50.6 Å². The first-order valence-electron chi connectivity index (χ1n) is 10.3. The molecule has 0 unspecified atom stereocenters. The van der Waals surface area contributed by atoms with Gasteiger partial charge in [0.25, 0.3) is 0 Å². The van der Waals surface area contributed by atoms with Gasteiger partial charge in [0.05, 0.1) is 5.75 Å². The van der Waals surface area contributed by atoms with Crippen LogP contribution >= 0.6 is 24.0 Å². The molecule has 32 heavy (non-hydrogen) atoms. The van der Waals surface area contributed by atoms with Gasteiger partial charge in [-0.2, -0.15) is 0 Å². The van der Waals surface area contributed by atoms with E-state index < -0.39 is 15.7 Å². The quantitative estimate of drug-likeness (QED) is 0.284. The fourth-order valence-corrected chi connectivity index (χ4v) is 4.44. The average molecular weight is 576 g/mol. The maximum Gasteiger partial charge on any atom is 0.218 e. The van der Waals surface area contributed by atoms with E-state index in [0.717, 1.165) is 24.7 Å². The number of ether oxygens (including phenoxy) is 1. The van der Waals surface area contributed by atoms with Crippen LogP contribution in [0.2, 0.25) is 0 Å². The van der Waals surface area contributed by atoms with Gasteiger partial charge in [-0.1, -0.05) is 12.1 Å². The second-order valence-corrected chi connectivity index (χ2v) is 9.89. The van der Waals surface area contributed by atoms with Crippen LogP contribution in [-0.4, -0.2) is 38.8 Å². The van der Waals surface area contributed by atoms with E-state index in [9.17, 15) is 12.8 Å². The third kappa shape index (κ3) is 8.19. The first-order chi connectivity index (χ1) is 14.8. The van der Waals surface area contributed by atoms with Gasteiger partial charge in [-0.25, -0.2) is 17.8 Å². The summed E-state index contributed by atoms with van der Waals surface area (Å²) >= 11 is 0. The molecule has 3 rings (SSSR count). The summed E-state index contributed by atoms with van der Waals surface area (Å²) in [4.78, 5) is 8.57. The van der Waals surface area contributed by atoms with Crippen LogP contribution in [0.5, 0.6) is 5.88 Å². The normalized spacial score (nSPS) is 14.7. The fourth-order valence-electron chi connectivity index (χ4n) is 3.59. The lowest BCUT2D eigenvalue weighted by Gasteiger charge is -2.17. The van der Waals surface area contributed by atoms with Gasteiger partial charge in [0.2, 0.25) is 5.88 Å². The Balaban J connectivity index is 0.00000363. The Kier molecular flexibility index (Phi) is 10.1. The predicted octanol–water partition coefficient (Wildman–Crippen LogP) is 3.57. The molecule has 1 fully saturated rings. The van der Waals surface area contributed by atoms with Gasteiger partial charge < -0.3 is 15.4 Å². The number of aliphatic imine (C=N–C) groups is 1. The molecule has 0 amide bonds. The zero-order chi connectivity index (χ0) is 22.3. The molecule has 1 saturated carbocycles. The summed E-state index contributed by atoms with van der Waals surface area (Å²) < 4.78 is 43.1. The van der Waals surface area contributed by atoms with Crippen LogP contribution in [0.25, 0.3) is 0 Å². The number of benzene rings is 1. The smallest absolute Gasteiger partial charge is 0.218 e. The highest BCUT2D eigenvalue weighted by atomic mass is 127. The molecule has 1 aliphatic rings. The predicted molar refractivity (Wildman–Crippen MR) is 135 cm³/mol. The number of halogens is 2. The molecule has 10 heteroatoms. The van der Waals surface area contributed by atoms with E-state index in [4.69, 9.17) is 4.74 Å². The molecule has 176 valence electrons. The molecule has 2 N–H and O–H groups in total. The Bertz CT molecular complexity index is 1030. The standard InChI is InChI=1S/C22H29FN4O3S.HI/c1-24-22(27-14-18-12-19(23)10-9-17(18)15-31(2,28)29)26-13-16-6-5-11-25-21(16)30-20-7-3-4-8-20;/h5-6,9-12,20H,3-4,7-8,13-15H2,1-2H3,(H2,24,26,27);1H.